The standard InChI is InChI=1S/C22H26N2O3/c1-15-13-16(14-20(25)23-15)21(26)24-12-11-22(27,17-7-3-2-4-8-17)18-9-5-6-10-19(18)24/h2-4,7-8,13-14,18-19,27H,5-6,9-12H2,1H3,(H,23,25)/t18-,19+,22?/m1/s1. The molecule has 1 saturated carbocycles. The second-order valence-corrected chi connectivity index (χ2v) is 7.91. The third-order valence-electron chi connectivity index (χ3n) is 6.24. The second kappa shape index (κ2) is 6.97. The molecule has 1 amide bonds. The first-order valence-corrected chi connectivity index (χ1v) is 9.79. The maximum atomic E-state index is 13.2. The third-order valence-corrected chi connectivity index (χ3v) is 6.24. The number of nitrogens with one attached hydrogen (secondary N) is 1. The molecule has 3 atom stereocenters. The molecule has 0 radical (unpaired) electrons. The van der Waals surface area contributed by atoms with E-state index in [4.69, 9.17) is 0 Å². The molecule has 2 aliphatic rings. The summed E-state index contributed by atoms with van der Waals surface area (Å²) < 4.78 is 0. The quantitative estimate of drug-likeness (QED) is 0.858. The molecule has 1 aromatic carbocycles. The zero-order valence-corrected chi connectivity index (χ0v) is 15.6. The van der Waals surface area contributed by atoms with E-state index in [1.54, 1.807) is 13.0 Å². The molecule has 2 fully saturated rings. The number of likely N-dealkylation sites (tertiary alicyclic amines) is 1. The van der Waals surface area contributed by atoms with Crippen LogP contribution in [0.15, 0.2) is 47.3 Å². The van der Waals surface area contributed by atoms with E-state index in [-0.39, 0.29) is 23.4 Å². The SMILES string of the molecule is Cc1cc(C(=O)N2CCC(O)(c3ccccc3)[C@@H]3CCCC[C@@H]32)cc(=O)[nH]1. The van der Waals surface area contributed by atoms with Gasteiger partial charge < -0.3 is 15.0 Å². The summed E-state index contributed by atoms with van der Waals surface area (Å²) >= 11 is 0. The average Bonchev–Trinajstić information content (AvgIpc) is 2.68. The molecule has 5 nitrogen and oxygen atoms in total. The number of amides is 1. The summed E-state index contributed by atoms with van der Waals surface area (Å²) in [6, 6.07) is 13.0. The Morgan fingerprint density at radius 2 is 1.93 bits per heavy atom. The van der Waals surface area contributed by atoms with E-state index in [1.807, 2.05) is 35.2 Å². The number of carbonyl (C=O) groups excluding carboxylic acids is 1. The van der Waals surface area contributed by atoms with Crippen LogP contribution in [0.2, 0.25) is 0 Å². The fraction of sp³-hybridized carbons (Fsp3) is 0.455. The van der Waals surface area contributed by atoms with E-state index in [2.05, 4.69) is 4.98 Å². The number of aryl methyl sites for hydroxylation is 1. The lowest BCUT2D eigenvalue weighted by Crippen LogP contribution is -2.59. The molecule has 5 heteroatoms. The van der Waals surface area contributed by atoms with Crippen molar-refractivity contribution in [3.05, 3.63) is 69.6 Å². The monoisotopic (exact) mass is 366 g/mol. The van der Waals surface area contributed by atoms with Gasteiger partial charge in [0.05, 0.1) is 5.60 Å². The number of carbonyl (C=O) groups is 1. The highest BCUT2D eigenvalue weighted by Gasteiger charge is 2.50. The fourth-order valence-electron chi connectivity index (χ4n) is 4.99. The number of fused-ring (bicyclic) bond motifs is 1. The van der Waals surface area contributed by atoms with Crippen molar-refractivity contribution < 1.29 is 9.90 Å². The van der Waals surface area contributed by atoms with Gasteiger partial charge in [-0.25, -0.2) is 0 Å². The van der Waals surface area contributed by atoms with Gasteiger partial charge in [-0.05, 0) is 37.8 Å². The normalized spacial score (nSPS) is 27.9. The number of benzene rings is 1. The summed E-state index contributed by atoms with van der Waals surface area (Å²) in [5.41, 5.74) is 0.916. The zero-order valence-electron chi connectivity index (χ0n) is 15.6. The van der Waals surface area contributed by atoms with Gasteiger partial charge in [-0.3, -0.25) is 9.59 Å². The van der Waals surface area contributed by atoms with Gasteiger partial charge in [0.25, 0.3) is 5.91 Å². The van der Waals surface area contributed by atoms with E-state index >= 15 is 0 Å². The minimum absolute atomic E-state index is 0.00444. The number of aromatic nitrogens is 1. The first kappa shape index (κ1) is 18.0. The van der Waals surface area contributed by atoms with E-state index < -0.39 is 5.60 Å². The van der Waals surface area contributed by atoms with Crippen molar-refractivity contribution in [1.29, 1.82) is 0 Å². The molecule has 27 heavy (non-hydrogen) atoms. The third kappa shape index (κ3) is 3.21. The Balaban J connectivity index is 1.67. The van der Waals surface area contributed by atoms with Gasteiger partial charge >= 0.3 is 0 Å². The Hall–Kier alpha value is -2.40. The van der Waals surface area contributed by atoms with Crippen LogP contribution in [0, 0.1) is 12.8 Å². The Bertz CT molecular complexity index is 892. The zero-order chi connectivity index (χ0) is 19.0. The number of piperidine rings is 1. The van der Waals surface area contributed by atoms with Crippen LogP contribution in [-0.2, 0) is 5.60 Å². The van der Waals surface area contributed by atoms with Crippen LogP contribution in [-0.4, -0.2) is 33.5 Å². The lowest BCUT2D eigenvalue weighted by atomic mass is 9.66. The average molecular weight is 366 g/mol. The van der Waals surface area contributed by atoms with Gasteiger partial charge in [-0.1, -0.05) is 43.2 Å². The second-order valence-electron chi connectivity index (χ2n) is 7.91. The van der Waals surface area contributed by atoms with Gasteiger partial charge in [0.2, 0.25) is 5.56 Å². The summed E-state index contributed by atoms with van der Waals surface area (Å²) in [5.74, 6) is -0.0781. The predicted molar refractivity (Wildman–Crippen MR) is 104 cm³/mol. The van der Waals surface area contributed by atoms with Crippen LogP contribution in [0.3, 0.4) is 0 Å². The summed E-state index contributed by atoms with van der Waals surface area (Å²) in [6.45, 7) is 2.28. The van der Waals surface area contributed by atoms with E-state index in [9.17, 15) is 14.7 Å². The Kier molecular flexibility index (Phi) is 4.64. The molecule has 1 aliphatic heterocycles. The first-order chi connectivity index (χ1) is 13.0. The van der Waals surface area contributed by atoms with Gasteiger partial charge in [0, 0.05) is 35.8 Å². The van der Waals surface area contributed by atoms with Crippen molar-refractivity contribution in [3.63, 3.8) is 0 Å². The number of nitrogens with zero attached hydrogens (tertiary/aromatic N) is 1. The number of hydrogen-bond donors (Lipinski definition) is 2. The first-order valence-electron chi connectivity index (χ1n) is 9.79. The molecule has 0 bridgehead atoms. The minimum Gasteiger partial charge on any atom is -0.385 e. The smallest absolute Gasteiger partial charge is 0.254 e. The Morgan fingerprint density at radius 1 is 1.19 bits per heavy atom. The number of hydrogen-bond acceptors (Lipinski definition) is 3. The van der Waals surface area contributed by atoms with Crippen molar-refractivity contribution in [1.82, 2.24) is 9.88 Å². The highest BCUT2D eigenvalue weighted by molar-refractivity contribution is 5.94. The van der Waals surface area contributed by atoms with Crippen molar-refractivity contribution in [2.75, 3.05) is 6.54 Å². The van der Waals surface area contributed by atoms with E-state index in [0.29, 0.717) is 24.2 Å². The minimum atomic E-state index is -0.896. The van der Waals surface area contributed by atoms with Crippen LogP contribution in [0.5, 0.6) is 0 Å². The van der Waals surface area contributed by atoms with Gasteiger partial charge in [0.1, 0.15) is 0 Å². The van der Waals surface area contributed by atoms with Gasteiger partial charge in [-0.15, -0.1) is 0 Å². The van der Waals surface area contributed by atoms with Crippen LogP contribution in [0.1, 0.15) is 53.7 Å². The van der Waals surface area contributed by atoms with Crippen LogP contribution < -0.4 is 5.56 Å². The molecular weight excluding hydrogens is 340 g/mol. The number of H-pyrrole nitrogens is 1. The lowest BCUT2D eigenvalue weighted by Gasteiger charge is -2.52. The van der Waals surface area contributed by atoms with E-state index in [1.165, 1.54) is 6.07 Å². The molecule has 1 saturated heterocycles. The summed E-state index contributed by atoms with van der Waals surface area (Å²) in [4.78, 5) is 29.6. The van der Waals surface area contributed by atoms with Crippen molar-refractivity contribution in [2.24, 2.45) is 5.92 Å². The Morgan fingerprint density at radius 3 is 2.67 bits per heavy atom. The van der Waals surface area contributed by atoms with Gasteiger partial charge in [-0.2, -0.15) is 0 Å². The molecule has 142 valence electrons. The lowest BCUT2D eigenvalue weighted by molar-refractivity contribution is -0.110. The maximum absolute atomic E-state index is 13.2. The highest BCUT2D eigenvalue weighted by Crippen LogP contribution is 2.47. The van der Waals surface area contributed by atoms with Crippen LogP contribution >= 0.6 is 0 Å². The molecule has 4 rings (SSSR count). The molecule has 1 aliphatic carbocycles. The number of aromatic amines is 1. The molecule has 1 aromatic heterocycles. The molecule has 1 unspecified atom stereocenters. The Labute approximate surface area is 159 Å². The number of pyridine rings is 1. The van der Waals surface area contributed by atoms with Crippen LogP contribution in [0.4, 0.5) is 0 Å². The van der Waals surface area contributed by atoms with Crippen LogP contribution in [0.25, 0.3) is 0 Å². The van der Waals surface area contributed by atoms with E-state index in [0.717, 1.165) is 31.2 Å². The highest BCUT2D eigenvalue weighted by atomic mass is 16.3. The van der Waals surface area contributed by atoms with Crippen molar-refractivity contribution in [3.8, 4) is 0 Å². The summed E-state index contributed by atoms with van der Waals surface area (Å²) in [5, 5.41) is 11.6. The van der Waals surface area contributed by atoms with Gasteiger partial charge in [0.15, 0.2) is 0 Å². The maximum Gasteiger partial charge on any atom is 0.254 e. The summed E-state index contributed by atoms with van der Waals surface area (Å²) in [7, 11) is 0. The topological polar surface area (TPSA) is 73.4 Å². The fourth-order valence-corrected chi connectivity index (χ4v) is 4.99. The molecular formula is C22H26N2O3. The molecule has 2 N–H and O–H groups in total. The predicted octanol–water partition coefficient (Wildman–Crippen LogP) is 2.98. The van der Waals surface area contributed by atoms with Crippen molar-refractivity contribution >= 4 is 5.91 Å². The molecule has 0 spiro atoms. The molecule has 2 heterocycles. The summed E-state index contributed by atoms with van der Waals surface area (Å²) in [6.07, 6.45) is 4.46. The number of rotatable bonds is 2. The largest absolute Gasteiger partial charge is 0.385 e. The molecule has 2 aromatic rings. The van der Waals surface area contributed by atoms with Crippen molar-refractivity contribution in [2.45, 2.75) is 50.7 Å². The number of aliphatic hydroxyl groups is 1.